The third kappa shape index (κ3) is 18.1. The molecule has 2 aliphatic rings. The number of aromatic amines is 1. The van der Waals surface area contributed by atoms with E-state index in [-0.39, 0.29) is 62.9 Å². The number of benzene rings is 1. The van der Waals surface area contributed by atoms with Crippen LogP contribution in [0.2, 0.25) is 0 Å². The number of hydrogen-bond donors (Lipinski definition) is 12. The molecule has 2 heterocycles. The minimum absolute atomic E-state index is 0.0336. The Labute approximate surface area is 421 Å². The van der Waals surface area contributed by atoms with E-state index in [1.165, 1.54) is 29.6 Å². The predicted octanol–water partition coefficient (Wildman–Crippen LogP) is -0.170. The molecule has 0 unspecified atom stereocenters. The standard InChI is InChI=1S/C49H77N13O10/c1-6-29(4)41(46(69)58-36(24-32-25-53-27-55-32)47(70)62-21-11-15-38(62)44(67)59-37(48(71)72)23-30-12-8-7-9-13-30)61-43(66)35(22-31-16-18-33(63)19-17-31)57-45(68)40(28(2)3)60-42(65)34(56-39(64)26-52-5)14-10-20-54-49(50)51/h16-19,25,27-30,34-38,40-41,52,63H,6-15,20-24,26H2,1-5H3,(H,53,55)(H,56,64)(H,57,68)(H,58,69)(H,59,67)(H,60,65)(H,61,66)(H,71,72)(H4,50,51,54)/t29-,34-,35-,36-,37-,38-,40-,41-/m0/s1. The number of aliphatic imine (C=N–C) groups is 1. The van der Waals surface area contributed by atoms with Gasteiger partial charge in [0.05, 0.1) is 12.9 Å². The lowest BCUT2D eigenvalue weighted by molar-refractivity contribution is -0.145. The fourth-order valence-electron chi connectivity index (χ4n) is 9.09. The van der Waals surface area contributed by atoms with E-state index in [0.717, 1.165) is 32.1 Å². The van der Waals surface area contributed by atoms with E-state index in [9.17, 15) is 48.6 Å². The summed E-state index contributed by atoms with van der Waals surface area (Å²) in [6, 6.07) is -2.27. The topological polar surface area (TPSA) is 358 Å². The lowest BCUT2D eigenvalue weighted by Crippen LogP contribution is -2.62. The number of aliphatic carboxylic acids is 1. The highest BCUT2D eigenvalue weighted by molar-refractivity contribution is 5.98. The van der Waals surface area contributed by atoms with Crippen molar-refractivity contribution in [2.75, 3.05) is 26.7 Å². The number of nitrogens with two attached hydrogens (primary N) is 2. The van der Waals surface area contributed by atoms with Gasteiger partial charge in [-0.15, -0.1) is 0 Å². The van der Waals surface area contributed by atoms with Crippen molar-refractivity contribution >= 4 is 53.3 Å². The van der Waals surface area contributed by atoms with Crippen LogP contribution in [0.1, 0.15) is 110 Å². The van der Waals surface area contributed by atoms with Crippen molar-refractivity contribution in [1.82, 2.24) is 52.1 Å². The van der Waals surface area contributed by atoms with Gasteiger partial charge < -0.3 is 68.8 Å². The number of phenols is 1. The maximum absolute atomic E-state index is 14.6. The Hall–Kier alpha value is -6.78. The van der Waals surface area contributed by atoms with Crippen LogP contribution in [0, 0.1) is 17.8 Å². The number of phenolic OH excluding ortho intramolecular Hbond substituents is 1. The van der Waals surface area contributed by atoms with Crippen molar-refractivity contribution in [3.63, 3.8) is 0 Å². The van der Waals surface area contributed by atoms with E-state index >= 15 is 0 Å². The van der Waals surface area contributed by atoms with Gasteiger partial charge in [-0.1, -0.05) is 78.4 Å². The fraction of sp³-hybridized carbons (Fsp3) is 0.633. The molecule has 398 valence electrons. The summed E-state index contributed by atoms with van der Waals surface area (Å²) >= 11 is 0. The van der Waals surface area contributed by atoms with Crippen LogP contribution in [-0.2, 0) is 51.2 Å². The number of carbonyl (C=O) groups excluding carboxylic acids is 7. The molecule has 1 saturated heterocycles. The number of aromatic nitrogens is 2. The molecule has 7 amide bonds. The molecule has 23 heteroatoms. The monoisotopic (exact) mass is 1010 g/mol. The number of nitrogens with one attached hydrogen (secondary N) is 8. The van der Waals surface area contributed by atoms with Crippen LogP contribution in [-0.4, -0.2) is 147 Å². The van der Waals surface area contributed by atoms with Crippen molar-refractivity contribution in [3.05, 3.63) is 48.0 Å². The van der Waals surface area contributed by atoms with Crippen LogP contribution in [0.25, 0.3) is 0 Å². The van der Waals surface area contributed by atoms with Gasteiger partial charge in [-0.3, -0.25) is 38.6 Å². The maximum atomic E-state index is 14.6. The average molecular weight is 1010 g/mol. The number of aromatic hydroxyl groups is 1. The molecule has 4 rings (SSSR count). The number of rotatable bonds is 28. The van der Waals surface area contributed by atoms with Gasteiger partial charge >= 0.3 is 5.97 Å². The highest BCUT2D eigenvalue weighted by Gasteiger charge is 2.41. The molecule has 14 N–H and O–H groups in total. The summed E-state index contributed by atoms with van der Waals surface area (Å²) in [5, 5.41) is 39.3. The van der Waals surface area contributed by atoms with Gasteiger partial charge in [-0.25, -0.2) is 9.78 Å². The summed E-state index contributed by atoms with van der Waals surface area (Å²) in [5.41, 5.74) is 11.9. The first kappa shape index (κ1) is 57.8. The smallest absolute Gasteiger partial charge is 0.326 e. The second-order valence-corrected chi connectivity index (χ2v) is 19.3. The number of carbonyl (C=O) groups is 8. The molecular weight excluding hydrogens is 931 g/mol. The second-order valence-electron chi connectivity index (χ2n) is 19.3. The lowest BCUT2D eigenvalue weighted by Gasteiger charge is -2.32. The van der Waals surface area contributed by atoms with Gasteiger partial charge in [0, 0.05) is 37.8 Å². The number of nitrogens with zero attached hydrogens (tertiary/aromatic N) is 3. The molecule has 0 spiro atoms. The molecule has 2 fully saturated rings. The summed E-state index contributed by atoms with van der Waals surface area (Å²) < 4.78 is 0. The lowest BCUT2D eigenvalue weighted by atomic mass is 9.85. The van der Waals surface area contributed by atoms with Crippen molar-refractivity contribution in [2.45, 2.75) is 153 Å². The summed E-state index contributed by atoms with van der Waals surface area (Å²) in [6.07, 6.45) is 9.50. The van der Waals surface area contributed by atoms with Crippen LogP contribution >= 0.6 is 0 Å². The van der Waals surface area contributed by atoms with E-state index in [0.29, 0.717) is 36.9 Å². The number of likely N-dealkylation sites (tertiary alicyclic amines) is 1. The SMILES string of the molecule is CC[C@H](C)[C@H](NC(=O)[C@H](Cc1ccc(O)cc1)NC(=O)[C@@H](NC(=O)[C@H](CCCN=C(N)N)NC(=O)CNC)C(C)C)C(=O)N[C@@H](Cc1cnc[nH]1)C(=O)N1CCC[C@H]1C(=O)N[C@@H](CC1CCCCC1)C(=O)O. The molecule has 72 heavy (non-hydrogen) atoms. The van der Waals surface area contributed by atoms with Crippen LogP contribution < -0.4 is 48.7 Å². The van der Waals surface area contributed by atoms with E-state index in [1.54, 1.807) is 40.0 Å². The Balaban J connectivity index is 1.57. The number of hydrogen-bond acceptors (Lipinski definition) is 12. The number of H-pyrrole nitrogens is 1. The first-order valence-electron chi connectivity index (χ1n) is 25.1. The Bertz CT molecular complexity index is 2150. The minimum atomic E-state index is -1.34. The second kappa shape index (κ2) is 28.9. The Morgan fingerprint density at radius 2 is 1.44 bits per heavy atom. The van der Waals surface area contributed by atoms with Crippen molar-refractivity contribution in [1.29, 1.82) is 0 Å². The fourth-order valence-corrected chi connectivity index (χ4v) is 9.09. The molecule has 0 radical (unpaired) electrons. The summed E-state index contributed by atoms with van der Waals surface area (Å²) in [6.45, 7) is 7.23. The number of amides is 7. The highest BCUT2D eigenvalue weighted by Crippen LogP contribution is 2.28. The highest BCUT2D eigenvalue weighted by atomic mass is 16.4. The number of carboxylic acids is 1. The van der Waals surface area contributed by atoms with Crippen molar-refractivity contribution < 1.29 is 48.6 Å². The molecule has 2 aromatic rings. The summed E-state index contributed by atoms with van der Waals surface area (Å²) in [5.74, 6) is -6.71. The largest absolute Gasteiger partial charge is 0.508 e. The molecule has 1 saturated carbocycles. The third-order valence-electron chi connectivity index (χ3n) is 13.3. The predicted molar refractivity (Wildman–Crippen MR) is 267 cm³/mol. The van der Waals surface area contributed by atoms with Gasteiger partial charge in [0.15, 0.2) is 5.96 Å². The zero-order chi connectivity index (χ0) is 52.9. The first-order valence-corrected chi connectivity index (χ1v) is 25.1. The van der Waals surface area contributed by atoms with Crippen molar-refractivity contribution in [2.24, 2.45) is 34.2 Å². The van der Waals surface area contributed by atoms with E-state index in [2.05, 4.69) is 52.2 Å². The molecule has 1 aromatic carbocycles. The molecular formula is C49H77N13O10. The molecule has 1 aromatic heterocycles. The van der Waals surface area contributed by atoms with Gasteiger partial charge in [0.2, 0.25) is 41.4 Å². The van der Waals surface area contributed by atoms with Gasteiger partial charge in [-0.05, 0) is 74.6 Å². The molecule has 0 bridgehead atoms. The number of carboxylic acid groups (broad SMARTS) is 1. The Morgan fingerprint density at radius 3 is 2.06 bits per heavy atom. The normalized spacial score (nSPS) is 17.8. The van der Waals surface area contributed by atoms with Crippen LogP contribution in [0.4, 0.5) is 0 Å². The number of guanidine groups is 1. The first-order chi connectivity index (χ1) is 34.3. The minimum Gasteiger partial charge on any atom is -0.508 e. The van der Waals surface area contributed by atoms with E-state index < -0.39 is 101 Å². The zero-order valence-electron chi connectivity index (χ0n) is 42.2. The number of imidazole rings is 1. The zero-order valence-corrected chi connectivity index (χ0v) is 42.2. The van der Waals surface area contributed by atoms with Gasteiger partial charge in [-0.2, -0.15) is 0 Å². The Kier molecular flexibility index (Phi) is 23.2. The third-order valence-corrected chi connectivity index (χ3v) is 13.3. The van der Waals surface area contributed by atoms with E-state index in [1.807, 2.05) is 6.92 Å². The van der Waals surface area contributed by atoms with E-state index in [4.69, 9.17) is 11.5 Å². The quantitative estimate of drug-likeness (QED) is 0.0299. The van der Waals surface area contributed by atoms with Gasteiger partial charge in [0.25, 0.3) is 0 Å². The molecule has 8 atom stereocenters. The van der Waals surface area contributed by atoms with Crippen molar-refractivity contribution in [3.8, 4) is 5.75 Å². The summed E-state index contributed by atoms with van der Waals surface area (Å²) in [4.78, 5) is 123. The molecule has 1 aliphatic carbocycles. The van der Waals surface area contributed by atoms with Crippen LogP contribution in [0.5, 0.6) is 5.75 Å². The van der Waals surface area contributed by atoms with Gasteiger partial charge in [0.1, 0.15) is 48.0 Å². The van der Waals surface area contributed by atoms with Crippen LogP contribution in [0.15, 0.2) is 41.8 Å². The molecule has 23 nitrogen and oxygen atoms in total. The average Bonchev–Trinajstić information content (AvgIpc) is 4.06. The maximum Gasteiger partial charge on any atom is 0.326 e. The summed E-state index contributed by atoms with van der Waals surface area (Å²) in [7, 11) is 1.57. The van der Waals surface area contributed by atoms with Crippen LogP contribution in [0.3, 0.4) is 0 Å². The number of likely N-dealkylation sites (N-methyl/N-ethyl adjacent to an activating group) is 1. The molecule has 1 aliphatic heterocycles. The Morgan fingerprint density at radius 1 is 0.792 bits per heavy atom.